The lowest BCUT2D eigenvalue weighted by Gasteiger charge is -2.31. The second-order valence-electron chi connectivity index (χ2n) is 7.86. The van der Waals surface area contributed by atoms with Gasteiger partial charge in [-0.15, -0.1) is 0 Å². The Morgan fingerprint density at radius 3 is 2.70 bits per heavy atom. The lowest BCUT2D eigenvalue weighted by atomic mass is 9.96. The van der Waals surface area contributed by atoms with Crippen LogP contribution in [-0.4, -0.2) is 45.0 Å². The van der Waals surface area contributed by atoms with Crippen LogP contribution in [0, 0.1) is 19.8 Å². The molecular weight excluding hydrogens is 378 g/mol. The third kappa shape index (κ3) is 4.40. The minimum atomic E-state index is -0.232. The number of aryl methyl sites for hydroxylation is 2. The molecule has 1 aliphatic rings. The van der Waals surface area contributed by atoms with Gasteiger partial charge in [-0.05, 0) is 68.1 Å². The molecule has 1 saturated heterocycles. The van der Waals surface area contributed by atoms with Gasteiger partial charge in [0.1, 0.15) is 5.69 Å². The average Bonchev–Trinajstić information content (AvgIpc) is 3.23. The predicted molar refractivity (Wildman–Crippen MR) is 115 cm³/mol. The molecule has 154 valence electrons. The number of amides is 2. The summed E-state index contributed by atoms with van der Waals surface area (Å²) in [6.07, 6.45) is 4.96. The van der Waals surface area contributed by atoms with Crippen LogP contribution in [0.5, 0.6) is 0 Å². The molecule has 2 N–H and O–H groups in total. The molecular formula is C23H25N5O2. The Morgan fingerprint density at radius 1 is 1.17 bits per heavy atom. The minimum Gasteiger partial charge on any atom is -0.337 e. The standard InChI is InChI=1S/C23H25N5O2/c1-15-9-16(2)11-19(10-15)25-22(29)18-6-4-8-28(14-18)23(30)21-12-20(26-27-21)17-5-3-7-24-13-17/h3,5,7,9-13,18H,4,6,8,14H2,1-2H3,(H,25,29)(H,26,27). The van der Waals surface area contributed by atoms with Gasteiger partial charge in [0, 0.05) is 36.7 Å². The van der Waals surface area contributed by atoms with Crippen LogP contribution in [0.15, 0.2) is 48.8 Å². The molecule has 1 unspecified atom stereocenters. The van der Waals surface area contributed by atoms with E-state index in [-0.39, 0.29) is 17.7 Å². The van der Waals surface area contributed by atoms with Gasteiger partial charge in [-0.3, -0.25) is 19.7 Å². The molecule has 0 radical (unpaired) electrons. The molecule has 0 saturated carbocycles. The second-order valence-corrected chi connectivity index (χ2v) is 7.86. The topological polar surface area (TPSA) is 91.0 Å². The molecule has 1 aromatic carbocycles. The summed E-state index contributed by atoms with van der Waals surface area (Å²) >= 11 is 0. The van der Waals surface area contributed by atoms with Crippen LogP contribution in [0.3, 0.4) is 0 Å². The molecule has 0 aliphatic carbocycles. The molecule has 30 heavy (non-hydrogen) atoms. The maximum Gasteiger partial charge on any atom is 0.271 e. The van der Waals surface area contributed by atoms with Crippen molar-refractivity contribution in [3.05, 3.63) is 65.6 Å². The summed E-state index contributed by atoms with van der Waals surface area (Å²) in [5.74, 6) is -0.413. The molecule has 7 nitrogen and oxygen atoms in total. The lowest BCUT2D eigenvalue weighted by molar-refractivity contribution is -0.121. The molecule has 3 aromatic rings. The maximum absolute atomic E-state index is 13.0. The Labute approximate surface area is 175 Å². The van der Waals surface area contributed by atoms with E-state index in [1.54, 1.807) is 23.4 Å². The monoisotopic (exact) mass is 403 g/mol. The van der Waals surface area contributed by atoms with Crippen LogP contribution >= 0.6 is 0 Å². The molecule has 2 amide bonds. The minimum absolute atomic E-state index is 0.0434. The van der Waals surface area contributed by atoms with Crippen molar-refractivity contribution in [2.45, 2.75) is 26.7 Å². The number of anilines is 1. The number of aromatic amines is 1. The number of carbonyl (C=O) groups is 2. The quantitative estimate of drug-likeness (QED) is 0.697. The zero-order valence-corrected chi connectivity index (χ0v) is 17.2. The highest BCUT2D eigenvalue weighted by Gasteiger charge is 2.30. The number of hydrogen-bond donors (Lipinski definition) is 2. The third-order valence-electron chi connectivity index (χ3n) is 5.33. The Kier molecular flexibility index (Phi) is 5.61. The SMILES string of the molecule is Cc1cc(C)cc(NC(=O)C2CCCN(C(=O)c3cc(-c4cccnc4)n[nH]3)C2)c1. The molecule has 4 rings (SSSR count). The Balaban J connectivity index is 1.42. The van der Waals surface area contributed by atoms with Gasteiger partial charge in [0.2, 0.25) is 5.91 Å². The Morgan fingerprint density at radius 2 is 1.97 bits per heavy atom. The van der Waals surface area contributed by atoms with E-state index < -0.39 is 0 Å². The van der Waals surface area contributed by atoms with Crippen molar-refractivity contribution >= 4 is 17.5 Å². The molecule has 3 heterocycles. The highest BCUT2D eigenvalue weighted by Crippen LogP contribution is 2.23. The van der Waals surface area contributed by atoms with Gasteiger partial charge in [0.25, 0.3) is 5.91 Å². The van der Waals surface area contributed by atoms with Crippen LogP contribution in [0.4, 0.5) is 5.69 Å². The highest BCUT2D eigenvalue weighted by molar-refractivity contribution is 5.96. The van der Waals surface area contributed by atoms with Gasteiger partial charge in [0.05, 0.1) is 11.6 Å². The molecule has 1 fully saturated rings. The van der Waals surface area contributed by atoms with Crippen LogP contribution in [0.1, 0.15) is 34.5 Å². The predicted octanol–water partition coefficient (Wildman–Crippen LogP) is 3.58. The van der Waals surface area contributed by atoms with Gasteiger partial charge >= 0.3 is 0 Å². The van der Waals surface area contributed by atoms with Crippen molar-refractivity contribution in [1.82, 2.24) is 20.1 Å². The summed E-state index contributed by atoms with van der Waals surface area (Å²) in [7, 11) is 0. The van der Waals surface area contributed by atoms with Crippen LogP contribution < -0.4 is 5.32 Å². The first-order valence-corrected chi connectivity index (χ1v) is 10.1. The van der Waals surface area contributed by atoms with Crippen molar-refractivity contribution in [2.75, 3.05) is 18.4 Å². The summed E-state index contributed by atoms with van der Waals surface area (Å²) in [6, 6.07) is 11.4. The number of likely N-dealkylation sites (tertiary alicyclic amines) is 1. The number of carbonyl (C=O) groups excluding carboxylic acids is 2. The fraction of sp³-hybridized carbons (Fsp3) is 0.304. The Hall–Kier alpha value is -3.48. The number of H-pyrrole nitrogens is 1. The van der Waals surface area contributed by atoms with Crippen LogP contribution in [-0.2, 0) is 4.79 Å². The van der Waals surface area contributed by atoms with E-state index in [0.717, 1.165) is 35.2 Å². The molecule has 7 heteroatoms. The van der Waals surface area contributed by atoms with Gasteiger partial charge < -0.3 is 10.2 Å². The van der Waals surface area contributed by atoms with E-state index in [0.29, 0.717) is 24.5 Å². The summed E-state index contributed by atoms with van der Waals surface area (Å²) in [6.45, 7) is 5.05. The normalized spacial score (nSPS) is 16.3. The average molecular weight is 403 g/mol. The van der Waals surface area contributed by atoms with Gasteiger partial charge in [-0.1, -0.05) is 6.07 Å². The zero-order valence-electron chi connectivity index (χ0n) is 17.2. The van der Waals surface area contributed by atoms with Crippen LogP contribution in [0.2, 0.25) is 0 Å². The van der Waals surface area contributed by atoms with E-state index in [2.05, 4.69) is 26.6 Å². The third-order valence-corrected chi connectivity index (χ3v) is 5.33. The van der Waals surface area contributed by atoms with Crippen molar-refractivity contribution in [3.8, 4) is 11.3 Å². The largest absolute Gasteiger partial charge is 0.337 e. The van der Waals surface area contributed by atoms with Crippen molar-refractivity contribution < 1.29 is 9.59 Å². The number of hydrogen-bond acceptors (Lipinski definition) is 4. The molecule has 1 atom stereocenters. The van der Waals surface area contributed by atoms with E-state index in [9.17, 15) is 9.59 Å². The van der Waals surface area contributed by atoms with E-state index in [1.165, 1.54) is 0 Å². The molecule has 2 aromatic heterocycles. The number of pyridine rings is 1. The van der Waals surface area contributed by atoms with E-state index in [4.69, 9.17) is 0 Å². The fourth-order valence-electron chi connectivity index (χ4n) is 3.93. The number of nitrogens with one attached hydrogen (secondary N) is 2. The smallest absolute Gasteiger partial charge is 0.271 e. The van der Waals surface area contributed by atoms with Crippen molar-refractivity contribution in [2.24, 2.45) is 5.92 Å². The summed E-state index contributed by atoms with van der Waals surface area (Å²) < 4.78 is 0. The summed E-state index contributed by atoms with van der Waals surface area (Å²) in [5.41, 5.74) is 4.95. The summed E-state index contributed by atoms with van der Waals surface area (Å²) in [4.78, 5) is 31.6. The lowest BCUT2D eigenvalue weighted by Crippen LogP contribution is -2.43. The second kappa shape index (κ2) is 8.49. The van der Waals surface area contributed by atoms with Gasteiger partial charge in [-0.25, -0.2) is 0 Å². The number of nitrogens with zero attached hydrogens (tertiary/aromatic N) is 3. The van der Waals surface area contributed by atoms with Crippen molar-refractivity contribution in [1.29, 1.82) is 0 Å². The number of aromatic nitrogens is 3. The first-order valence-electron chi connectivity index (χ1n) is 10.1. The number of rotatable bonds is 4. The zero-order chi connectivity index (χ0) is 21.1. The molecule has 0 spiro atoms. The fourth-order valence-corrected chi connectivity index (χ4v) is 3.93. The van der Waals surface area contributed by atoms with Gasteiger partial charge in [-0.2, -0.15) is 5.10 Å². The first-order chi connectivity index (χ1) is 14.5. The van der Waals surface area contributed by atoms with Crippen LogP contribution in [0.25, 0.3) is 11.3 Å². The number of benzene rings is 1. The molecule has 1 aliphatic heterocycles. The van der Waals surface area contributed by atoms with Crippen molar-refractivity contribution in [3.63, 3.8) is 0 Å². The number of piperidine rings is 1. The van der Waals surface area contributed by atoms with E-state index >= 15 is 0 Å². The molecule has 0 bridgehead atoms. The highest BCUT2D eigenvalue weighted by atomic mass is 16.2. The van der Waals surface area contributed by atoms with Gasteiger partial charge in [0.15, 0.2) is 0 Å². The summed E-state index contributed by atoms with van der Waals surface area (Å²) in [5, 5.41) is 10.1. The first kappa shape index (κ1) is 19.8. The van der Waals surface area contributed by atoms with E-state index in [1.807, 2.05) is 38.1 Å². The Bertz CT molecular complexity index is 1040. The maximum atomic E-state index is 13.0.